The lowest BCUT2D eigenvalue weighted by Gasteiger charge is -2.48. The minimum atomic E-state index is -1.98. The van der Waals surface area contributed by atoms with Crippen molar-refractivity contribution in [2.75, 3.05) is 26.4 Å². The fourth-order valence-corrected chi connectivity index (χ4v) is 8.21. The molecule has 12 N–H and O–H groups in total. The van der Waals surface area contributed by atoms with Crippen LogP contribution in [0.2, 0.25) is 0 Å². The lowest BCUT2D eigenvalue weighted by Crippen LogP contribution is -2.66. The van der Waals surface area contributed by atoms with Crippen LogP contribution in [-0.4, -0.2) is 193 Å². The maximum atomic E-state index is 13.1. The monoisotopic (exact) mass is 964 g/mol. The van der Waals surface area contributed by atoms with Crippen LogP contribution in [0.5, 0.6) is 0 Å². The second kappa shape index (κ2) is 33.6. The van der Waals surface area contributed by atoms with E-state index in [-0.39, 0.29) is 18.9 Å². The summed E-state index contributed by atoms with van der Waals surface area (Å²) in [5.74, 6) is -0.303. The lowest BCUT2D eigenvalue weighted by molar-refractivity contribution is -0.379. The summed E-state index contributed by atoms with van der Waals surface area (Å²) in [5, 5.41) is 119. The second-order valence-corrected chi connectivity index (χ2v) is 17.9. The molecule has 0 aliphatic carbocycles. The Labute approximate surface area is 396 Å². The van der Waals surface area contributed by atoms with Crippen LogP contribution in [0.1, 0.15) is 129 Å². The van der Waals surface area contributed by atoms with Crippen molar-refractivity contribution in [1.29, 1.82) is 0 Å². The van der Waals surface area contributed by atoms with Gasteiger partial charge in [0, 0.05) is 6.42 Å². The fraction of sp³-hybridized carbons (Fsp3) is 0.854. The predicted octanol–water partition coefficient (Wildman–Crippen LogP) is 1.03. The number of aliphatic hydroxyl groups excluding tert-OH is 11. The molecule has 0 aromatic heterocycles. The average molecular weight is 964 g/mol. The number of rotatable bonds is 33. The standard InChI is InChI=1S/C48H85NO18/c1-3-5-7-9-11-12-13-14-15-16-17-18-20-22-24-26-36(54)49-31(32(53)25-23-21-19-10-8-6-4-2)30-62-46-42(60)39(57)44(34(28-51)64-46)67-48-43(61)40(58)45(35(29-52)65-48)66-47-41(59)38(56)37(55)33(27-50)63-47/h8,10,14-15,23,25,31-35,37-48,50-53,55-61H,3-7,9,11-13,16-22,24,26-30H2,1-2H3,(H,49,54)/b10-8+,15-14-,25-23+. The highest BCUT2D eigenvalue weighted by molar-refractivity contribution is 5.76. The molecular weight excluding hydrogens is 879 g/mol. The first-order chi connectivity index (χ1) is 32.3. The molecule has 1 amide bonds. The van der Waals surface area contributed by atoms with Gasteiger partial charge in [-0.15, -0.1) is 0 Å². The van der Waals surface area contributed by atoms with Crippen LogP contribution >= 0.6 is 0 Å². The molecule has 67 heavy (non-hydrogen) atoms. The molecule has 3 rings (SSSR count). The summed E-state index contributed by atoms with van der Waals surface area (Å²) in [6.45, 7) is 1.52. The number of hydrogen-bond donors (Lipinski definition) is 12. The highest BCUT2D eigenvalue weighted by Gasteiger charge is 2.53. The van der Waals surface area contributed by atoms with Crippen LogP contribution in [0.25, 0.3) is 0 Å². The molecule has 19 nitrogen and oxygen atoms in total. The number of amides is 1. The van der Waals surface area contributed by atoms with Gasteiger partial charge in [-0.05, 0) is 51.4 Å². The molecule has 0 aromatic rings. The van der Waals surface area contributed by atoms with Gasteiger partial charge in [0.2, 0.25) is 5.91 Å². The van der Waals surface area contributed by atoms with Gasteiger partial charge in [-0.25, -0.2) is 0 Å². The topological polar surface area (TPSA) is 307 Å². The SMILES string of the molecule is CCC/C=C/CC/C=C/C(O)C(COC1OC(CO)C(OC2OC(CO)C(OC3OC(CO)C(O)C(O)C3O)C(O)C2O)C(O)C1O)NC(=O)CCCCCCC/C=C\CCCCCCCC. The van der Waals surface area contributed by atoms with E-state index in [1.54, 1.807) is 12.2 Å². The largest absolute Gasteiger partial charge is 0.394 e. The van der Waals surface area contributed by atoms with Crippen molar-refractivity contribution < 1.29 is 89.4 Å². The first-order valence-corrected chi connectivity index (χ1v) is 24.7. The number of carbonyl (C=O) groups is 1. The maximum Gasteiger partial charge on any atom is 0.220 e. The van der Waals surface area contributed by atoms with Crippen molar-refractivity contribution in [1.82, 2.24) is 5.32 Å². The Kier molecular flexibility index (Phi) is 29.7. The first kappa shape index (κ1) is 59.3. The van der Waals surface area contributed by atoms with Crippen LogP contribution in [-0.2, 0) is 33.2 Å². The summed E-state index contributed by atoms with van der Waals surface area (Å²) < 4.78 is 34.0. The van der Waals surface area contributed by atoms with Crippen molar-refractivity contribution in [2.24, 2.45) is 0 Å². The third-order valence-corrected chi connectivity index (χ3v) is 12.4. The summed E-state index contributed by atoms with van der Waals surface area (Å²) in [7, 11) is 0. The van der Waals surface area contributed by atoms with E-state index in [1.807, 2.05) is 0 Å². The Morgan fingerprint density at radius 2 is 0.985 bits per heavy atom. The molecule has 19 heteroatoms. The molecule has 3 aliphatic rings. The van der Waals surface area contributed by atoms with Crippen molar-refractivity contribution in [3.8, 4) is 0 Å². The summed E-state index contributed by atoms with van der Waals surface area (Å²) in [4.78, 5) is 13.1. The fourth-order valence-electron chi connectivity index (χ4n) is 8.21. The van der Waals surface area contributed by atoms with Gasteiger partial charge in [-0.1, -0.05) is 108 Å². The third kappa shape index (κ3) is 20.0. The first-order valence-electron chi connectivity index (χ1n) is 24.7. The molecule has 3 aliphatic heterocycles. The van der Waals surface area contributed by atoms with Gasteiger partial charge >= 0.3 is 0 Å². The van der Waals surface area contributed by atoms with Crippen LogP contribution in [0.15, 0.2) is 36.5 Å². The molecule has 0 radical (unpaired) electrons. The van der Waals surface area contributed by atoms with Gasteiger partial charge < -0.3 is 89.9 Å². The number of carbonyl (C=O) groups excluding carboxylic acids is 1. The molecule has 3 heterocycles. The molecule has 0 spiro atoms. The molecule has 0 saturated carbocycles. The van der Waals surface area contributed by atoms with Crippen molar-refractivity contribution in [3.63, 3.8) is 0 Å². The van der Waals surface area contributed by atoms with Crippen LogP contribution < -0.4 is 5.32 Å². The minimum Gasteiger partial charge on any atom is -0.394 e. The highest BCUT2D eigenvalue weighted by atomic mass is 16.8. The van der Waals surface area contributed by atoms with Crippen molar-refractivity contribution in [3.05, 3.63) is 36.5 Å². The molecule has 0 bridgehead atoms. The van der Waals surface area contributed by atoms with Crippen molar-refractivity contribution in [2.45, 2.75) is 234 Å². The number of aliphatic hydroxyl groups is 11. The van der Waals surface area contributed by atoms with E-state index in [0.717, 1.165) is 57.8 Å². The summed E-state index contributed by atoms with van der Waals surface area (Å²) in [5.41, 5.74) is 0. The zero-order chi connectivity index (χ0) is 49.1. The van der Waals surface area contributed by atoms with Gasteiger partial charge in [-0.3, -0.25) is 4.79 Å². The van der Waals surface area contributed by atoms with Gasteiger partial charge in [-0.2, -0.15) is 0 Å². The van der Waals surface area contributed by atoms with E-state index >= 15 is 0 Å². The maximum absolute atomic E-state index is 13.1. The zero-order valence-corrected chi connectivity index (χ0v) is 39.6. The Balaban J connectivity index is 1.55. The van der Waals surface area contributed by atoms with Crippen molar-refractivity contribution >= 4 is 5.91 Å². The van der Waals surface area contributed by atoms with E-state index in [4.69, 9.17) is 28.4 Å². The molecule has 17 unspecified atom stereocenters. The second-order valence-electron chi connectivity index (χ2n) is 17.9. The Morgan fingerprint density at radius 3 is 1.55 bits per heavy atom. The van der Waals surface area contributed by atoms with Gasteiger partial charge in [0.1, 0.15) is 73.2 Å². The number of allylic oxidation sites excluding steroid dienone is 5. The van der Waals surface area contributed by atoms with E-state index in [0.29, 0.717) is 12.8 Å². The Bertz CT molecular complexity index is 1390. The smallest absolute Gasteiger partial charge is 0.220 e. The van der Waals surface area contributed by atoms with Crippen LogP contribution in [0.4, 0.5) is 0 Å². The summed E-state index contributed by atoms with van der Waals surface area (Å²) in [6, 6.07) is -0.988. The van der Waals surface area contributed by atoms with Crippen LogP contribution in [0.3, 0.4) is 0 Å². The number of unbranched alkanes of at least 4 members (excludes halogenated alkanes) is 13. The van der Waals surface area contributed by atoms with Gasteiger partial charge in [0.05, 0.1) is 38.6 Å². The number of nitrogens with one attached hydrogen (secondary N) is 1. The normalized spacial score (nSPS) is 33.8. The van der Waals surface area contributed by atoms with E-state index in [1.165, 1.54) is 38.5 Å². The predicted molar refractivity (Wildman–Crippen MR) is 245 cm³/mol. The van der Waals surface area contributed by atoms with E-state index in [9.17, 15) is 61.0 Å². The zero-order valence-electron chi connectivity index (χ0n) is 39.6. The number of ether oxygens (including phenoxy) is 6. The minimum absolute atomic E-state index is 0.224. The van der Waals surface area contributed by atoms with E-state index < -0.39 is 124 Å². The highest BCUT2D eigenvalue weighted by Crippen LogP contribution is 2.33. The molecular formula is C48H85NO18. The lowest BCUT2D eigenvalue weighted by atomic mass is 9.96. The van der Waals surface area contributed by atoms with Crippen LogP contribution in [0, 0.1) is 0 Å². The molecule has 3 saturated heterocycles. The third-order valence-electron chi connectivity index (χ3n) is 12.4. The summed E-state index contributed by atoms with van der Waals surface area (Å²) in [6.07, 6.45) is 3.41. The summed E-state index contributed by atoms with van der Waals surface area (Å²) >= 11 is 0. The Hall–Kier alpha value is -1.99. The van der Waals surface area contributed by atoms with E-state index in [2.05, 4.69) is 43.5 Å². The molecule has 3 fully saturated rings. The van der Waals surface area contributed by atoms with Gasteiger partial charge in [0.15, 0.2) is 18.9 Å². The number of hydrogen-bond acceptors (Lipinski definition) is 18. The average Bonchev–Trinajstić information content (AvgIpc) is 3.32. The van der Waals surface area contributed by atoms with Gasteiger partial charge in [0.25, 0.3) is 0 Å². The molecule has 0 aromatic carbocycles. The Morgan fingerprint density at radius 1 is 0.522 bits per heavy atom. The molecule has 390 valence electrons. The molecule has 17 atom stereocenters. The quantitative estimate of drug-likeness (QED) is 0.0323.